The van der Waals surface area contributed by atoms with Crippen LogP contribution in [0.1, 0.15) is 19.3 Å². The highest BCUT2D eigenvalue weighted by Crippen LogP contribution is 2.27. The van der Waals surface area contributed by atoms with Crippen molar-refractivity contribution in [2.45, 2.75) is 25.3 Å². The van der Waals surface area contributed by atoms with Crippen molar-refractivity contribution < 1.29 is 0 Å². The Morgan fingerprint density at radius 3 is 2.82 bits per heavy atom. The van der Waals surface area contributed by atoms with Crippen molar-refractivity contribution in [2.24, 2.45) is 0 Å². The monoisotopic (exact) mass is 296 g/mol. The summed E-state index contributed by atoms with van der Waals surface area (Å²) in [6.45, 7) is 2.18. The van der Waals surface area contributed by atoms with Crippen LogP contribution in [0.2, 0.25) is 0 Å². The van der Waals surface area contributed by atoms with Crippen molar-refractivity contribution in [3.63, 3.8) is 0 Å². The lowest BCUT2D eigenvalue weighted by molar-refractivity contribution is 0.301. The lowest BCUT2D eigenvalue weighted by Crippen LogP contribution is -2.27. The summed E-state index contributed by atoms with van der Waals surface area (Å²) in [7, 11) is 2.22. The molecule has 3 N–H and O–H groups in total. The number of aromatic nitrogens is 1. The summed E-state index contributed by atoms with van der Waals surface area (Å²) < 4.78 is 0. The molecule has 4 nitrogen and oxygen atoms in total. The highest BCUT2D eigenvalue weighted by atomic mass is 15.1. The number of benzene rings is 1. The molecule has 1 atom stereocenters. The summed E-state index contributed by atoms with van der Waals surface area (Å²) in [4.78, 5) is 6.96. The van der Waals surface area contributed by atoms with Gasteiger partial charge >= 0.3 is 0 Å². The number of nitrogens with two attached hydrogens (primary N) is 1. The van der Waals surface area contributed by atoms with Crippen molar-refractivity contribution in [3.05, 3.63) is 42.6 Å². The predicted molar refractivity (Wildman–Crippen MR) is 92.8 cm³/mol. The summed E-state index contributed by atoms with van der Waals surface area (Å²) in [6, 6.07) is 12.7. The Morgan fingerprint density at radius 1 is 1.27 bits per heavy atom. The van der Waals surface area contributed by atoms with Crippen LogP contribution >= 0.6 is 0 Å². The third-order valence-corrected chi connectivity index (χ3v) is 4.47. The summed E-state index contributed by atoms with van der Waals surface area (Å²) in [6.07, 6.45) is 5.63. The molecular formula is C18H24N4. The van der Waals surface area contributed by atoms with Gasteiger partial charge in [0.1, 0.15) is 5.82 Å². The van der Waals surface area contributed by atoms with Crippen molar-refractivity contribution in [3.8, 4) is 11.1 Å². The molecule has 0 bridgehead atoms. The number of hydrogen-bond donors (Lipinski definition) is 2. The van der Waals surface area contributed by atoms with Crippen LogP contribution in [-0.2, 0) is 0 Å². The molecule has 4 heteroatoms. The summed E-state index contributed by atoms with van der Waals surface area (Å²) in [5.74, 6) is 0.952. The minimum Gasteiger partial charge on any atom is -0.399 e. The lowest BCUT2D eigenvalue weighted by Gasteiger charge is -2.20. The summed E-state index contributed by atoms with van der Waals surface area (Å²) in [5.41, 5.74) is 8.82. The van der Waals surface area contributed by atoms with Crippen LogP contribution in [0, 0.1) is 0 Å². The third-order valence-electron chi connectivity index (χ3n) is 4.47. The number of hydrogen-bond acceptors (Lipinski definition) is 4. The van der Waals surface area contributed by atoms with Gasteiger partial charge in [0.15, 0.2) is 0 Å². The Labute approximate surface area is 132 Å². The Hall–Kier alpha value is -2.07. The van der Waals surface area contributed by atoms with Gasteiger partial charge in [-0.15, -0.1) is 0 Å². The number of likely N-dealkylation sites (tertiary alicyclic amines) is 1. The van der Waals surface area contributed by atoms with Gasteiger partial charge in [-0.05, 0) is 62.7 Å². The van der Waals surface area contributed by atoms with E-state index in [0.29, 0.717) is 6.04 Å². The maximum Gasteiger partial charge on any atom is 0.133 e. The maximum atomic E-state index is 5.77. The standard InChI is InChI=1S/C18H24N4/c1-22-13-3-4-16(22)10-12-21-18-17(5-2-11-20-18)14-6-8-15(19)9-7-14/h2,5-9,11,16H,3-4,10,12-13,19H2,1H3,(H,20,21). The second-order valence-corrected chi connectivity index (χ2v) is 6.01. The fraction of sp³-hybridized carbons (Fsp3) is 0.389. The molecule has 1 aliphatic heterocycles. The second-order valence-electron chi connectivity index (χ2n) is 6.01. The molecule has 0 spiro atoms. The zero-order valence-electron chi connectivity index (χ0n) is 13.1. The molecule has 116 valence electrons. The SMILES string of the molecule is CN1CCCC1CCNc1ncccc1-c1ccc(N)cc1. The minimum atomic E-state index is 0.705. The van der Waals surface area contributed by atoms with E-state index in [-0.39, 0.29) is 0 Å². The quantitative estimate of drug-likeness (QED) is 0.832. The smallest absolute Gasteiger partial charge is 0.133 e. The van der Waals surface area contributed by atoms with E-state index in [2.05, 4.69) is 28.3 Å². The first kappa shape index (κ1) is 14.9. The number of nitrogens with zero attached hydrogens (tertiary/aromatic N) is 2. The molecule has 0 aliphatic carbocycles. The van der Waals surface area contributed by atoms with Gasteiger partial charge < -0.3 is 16.0 Å². The average molecular weight is 296 g/mol. The van der Waals surface area contributed by atoms with E-state index in [1.54, 1.807) is 0 Å². The molecular weight excluding hydrogens is 272 g/mol. The molecule has 2 aromatic rings. The molecule has 1 aromatic carbocycles. The van der Waals surface area contributed by atoms with Gasteiger partial charge in [-0.1, -0.05) is 12.1 Å². The third kappa shape index (κ3) is 3.39. The Morgan fingerprint density at radius 2 is 2.09 bits per heavy atom. The van der Waals surface area contributed by atoms with Gasteiger partial charge in [-0.3, -0.25) is 0 Å². The van der Waals surface area contributed by atoms with E-state index < -0.39 is 0 Å². The number of nitrogens with one attached hydrogen (secondary N) is 1. The van der Waals surface area contributed by atoms with Crippen LogP contribution in [0.3, 0.4) is 0 Å². The average Bonchev–Trinajstić information content (AvgIpc) is 2.94. The van der Waals surface area contributed by atoms with Gasteiger partial charge in [0.2, 0.25) is 0 Å². The zero-order chi connectivity index (χ0) is 15.4. The van der Waals surface area contributed by atoms with Crippen LogP contribution in [-0.4, -0.2) is 36.1 Å². The van der Waals surface area contributed by atoms with Gasteiger partial charge in [0.05, 0.1) is 0 Å². The fourth-order valence-electron chi connectivity index (χ4n) is 3.14. The zero-order valence-corrected chi connectivity index (χ0v) is 13.1. The van der Waals surface area contributed by atoms with Crippen molar-refractivity contribution in [1.29, 1.82) is 0 Å². The van der Waals surface area contributed by atoms with Crippen LogP contribution in [0.15, 0.2) is 42.6 Å². The number of pyridine rings is 1. The van der Waals surface area contributed by atoms with Crippen LogP contribution in [0.4, 0.5) is 11.5 Å². The Kier molecular flexibility index (Phi) is 4.59. The topological polar surface area (TPSA) is 54.2 Å². The molecule has 1 aromatic heterocycles. The second kappa shape index (κ2) is 6.79. The fourth-order valence-corrected chi connectivity index (χ4v) is 3.14. The van der Waals surface area contributed by atoms with Gasteiger partial charge in [0.25, 0.3) is 0 Å². The maximum absolute atomic E-state index is 5.77. The molecule has 0 saturated carbocycles. The van der Waals surface area contributed by atoms with Crippen molar-refractivity contribution >= 4 is 11.5 Å². The van der Waals surface area contributed by atoms with E-state index in [4.69, 9.17) is 5.73 Å². The largest absolute Gasteiger partial charge is 0.399 e. The van der Waals surface area contributed by atoms with Crippen LogP contribution in [0.25, 0.3) is 11.1 Å². The minimum absolute atomic E-state index is 0.705. The number of rotatable bonds is 5. The van der Waals surface area contributed by atoms with Crippen molar-refractivity contribution in [1.82, 2.24) is 9.88 Å². The molecule has 1 fully saturated rings. The lowest BCUT2D eigenvalue weighted by atomic mass is 10.1. The molecule has 1 unspecified atom stereocenters. The molecule has 0 amide bonds. The van der Waals surface area contributed by atoms with E-state index in [1.165, 1.54) is 19.4 Å². The number of anilines is 2. The predicted octanol–water partition coefficient (Wildman–Crippen LogP) is 3.23. The van der Waals surface area contributed by atoms with E-state index in [0.717, 1.165) is 35.6 Å². The van der Waals surface area contributed by atoms with Crippen molar-refractivity contribution in [2.75, 3.05) is 31.2 Å². The molecule has 1 aliphatic rings. The normalized spacial score (nSPS) is 18.5. The van der Waals surface area contributed by atoms with E-state index >= 15 is 0 Å². The highest BCUT2D eigenvalue weighted by molar-refractivity contribution is 5.75. The van der Waals surface area contributed by atoms with E-state index in [1.807, 2.05) is 36.5 Å². The summed E-state index contributed by atoms with van der Waals surface area (Å²) >= 11 is 0. The van der Waals surface area contributed by atoms with Crippen LogP contribution in [0.5, 0.6) is 0 Å². The molecule has 2 heterocycles. The molecule has 3 rings (SSSR count). The Bertz CT molecular complexity index is 609. The van der Waals surface area contributed by atoms with Gasteiger partial charge in [-0.2, -0.15) is 0 Å². The first-order valence-electron chi connectivity index (χ1n) is 7.99. The molecule has 1 saturated heterocycles. The van der Waals surface area contributed by atoms with E-state index in [9.17, 15) is 0 Å². The first-order chi connectivity index (χ1) is 10.7. The molecule has 22 heavy (non-hydrogen) atoms. The Balaban J connectivity index is 1.67. The number of nitrogen functional groups attached to an aromatic ring is 1. The summed E-state index contributed by atoms with van der Waals surface area (Å²) in [5, 5.41) is 3.50. The highest BCUT2D eigenvalue weighted by Gasteiger charge is 2.20. The van der Waals surface area contributed by atoms with Gasteiger partial charge in [-0.25, -0.2) is 4.98 Å². The van der Waals surface area contributed by atoms with Gasteiger partial charge in [0, 0.05) is 30.0 Å². The molecule has 0 radical (unpaired) electrons. The van der Waals surface area contributed by atoms with Crippen LogP contribution < -0.4 is 11.1 Å². The first-order valence-corrected chi connectivity index (χ1v) is 7.99.